The molecule has 1 amide bonds. The van der Waals surface area contributed by atoms with Crippen molar-refractivity contribution in [2.24, 2.45) is 23.7 Å². The molecule has 0 spiro atoms. The molecule has 1 heterocycles. The minimum atomic E-state index is -3.53. The van der Waals surface area contributed by atoms with Gasteiger partial charge in [0.15, 0.2) is 0 Å². The molecule has 2 aromatic carbocycles. The number of hydrogen-bond acceptors (Lipinski definition) is 3. The smallest absolute Gasteiger partial charge is 0.243 e. The van der Waals surface area contributed by atoms with Crippen molar-refractivity contribution in [2.75, 3.05) is 26.2 Å². The second-order valence-electron chi connectivity index (χ2n) is 11.6. The van der Waals surface area contributed by atoms with Crippen LogP contribution in [0.1, 0.15) is 62.3 Å². The third-order valence-corrected chi connectivity index (χ3v) is 11.1. The summed E-state index contributed by atoms with van der Waals surface area (Å²) < 4.78 is 27.6. The van der Waals surface area contributed by atoms with Gasteiger partial charge >= 0.3 is 0 Å². The Hall–Kier alpha value is -2.18. The molecule has 4 unspecified atom stereocenters. The average Bonchev–Trinajstić information content (AvgIpc) is 2.89. The number of benzene rings is 2. The van der Waals surface area contributed by atoms with Gasteiger partial charge in [0.25, 0.3) is 0 Å². The van der Waals surface area contributed by atoms with E-state index in [1.807, 2.05) is 11.0 Å². The van der Waals surface area contributed by atoms with E-state index >= 15 is 0 Å². The lowest BCUT2D eigenvalue weighted by Gasteiger charge is -2.42. The molecule has 0 radical (unpaired) electrons. The fourth-order valence-corrected chi connectivity index (χ4v) is 8.09. The summed E-state index contributed by atoms with van der Waals surface area (Å²) >= 11 is 0. The zero-order valence-corrected chi connectivity index (χ0v) is 22.9. The second kappa shape index (κ2) is 9.94. The van der Waals surface area contributed by atoms with E-state index in [1.165, 1.54) is 33.0 Å². The summed E-state index contributed by atoms with van der Waals surface area (Å²) in [6.45, 7) is 10.7. The minimum absolute atomic E-state index is 0.144. The largest absolute Gasteiger partial charge is 0.340 e. The maximum Gasteiger partial charge on any atom is 0.243 e. The Morgan fingerprint density at radius 2 is 1.61 bits per heavy atom. The van der Waals surface area contributed by atoms with Gasteiger partial charge in [-0.2, -0.15) is 4.31 Å². The summed E-state index contributed by atoms with van der Waals surface area (Å²) in [4.78, 5) is 16.2. The van der Waals surface area contributed by atoms with E-state index in [1.54, 1.807) is 24.3 Å². The molecule has 1 saturated heterocycles. The minimum Gasteiger partial charge on any atom is -0.340 e. The lowest BCUT2D eigenvalue weighted by Crippen LogP contribution is -2.52. The fourth-order valence-electron chi connectivity index (χ4n) is 6.64. The Morgan fingerprint density at radius 3 is 2.28 bits per heavy atom. The maximum atomic E-state index is 14.0. The van der Waals surface area contributed by atoms with Crippen LogP contribution in [0.15, 0.2) is 47.4 Å². The normalized spacial score (nSPS) is 27.0. The van der Waals surface area contributed by atoms with Gasteiger partial charge in [0.2, 0.25) is 15.9 Å². The van der Waals surface area contributed by atoms with Crippen molar-refractivity contribution in [1.29, 1.82) is 0 Å². The molecule has 1 aliphatic heterocycles. The predicted octanol–water partition coefficient (Wildman–Crippen LogP) is 4.89. The van der Waals surface area contributed by atoms with Crippen LogP contribution in [0.3, 0.4) is 0 Å². The summed E-state index contributed by atoms with van der Waals surface area (Å²) in [5.74, 6) is 2.18. The Bertz CT molecular complexity index is 1220. The monoisotopic (exact) mass is 508 g/mol. The van der Waals surface area contributed by atoms with Gasteiger partial charge in [-0.3, -0.25) is 4.79 Å². The summed E-state index contributed by atoms with van der Waals surface area (Å²) in [7, 11) is -3.53. The Labute approximate surface area is 216 Å². The van der Waals surface area contributed by atoms with E-state index in [0.717, 1.165) is 25.2 Å². The van der Waals surface area contributed by atoms with E-state index in [4.69, 9.17) is 0 Å². The van der Waals surface area contributed by atoms with Crippen molar-refractivity contribution < 1.29 is 13.2 Å². The van der Waals surface area contributed by atoms with Crippen molar-refractivity contribution in [3.8, 4) is 0 Å². The standard InChI is InChI=1S/C30H40N2O3S/c1-20(2)23-10-12-26-24(19-23)11-13-27-28(26)18-21(3)22(4)29(27)30(33)31-14-16-32(17-15-31)36(34,35)25-8-6-5-7-9-25/h5-9,11,13,20-23,29H,10,12,14-19H2,1-4H3. The average molecular weight is 509 g/mol. The molecule has 2 aliphatic carbocycles. The molecule has 0 saturated carbocycles. The van der Waals surface area contributed by atoms with Crippen molar-refractivity contribution in [1.82, 2.24) is 9.21 Å². The number of rotatable bonds is 4. The molecule has 5 nitrogen and oxygen atoms in total. The third-order valence-electron chi connectivity index (χ3n) is 9.24. The molecule has 0 aromatic heterocycles. The Kier molecular flexibility index (Phi) is 7.03. The predicted molar refractivity (Wildman–Crippen MR) is 143 cm³/mol. The lowest BCUT2D eigenvalue weighted by molar-refractivity contribution is -0.136. The topological polar surface area (TPSA) is 57.7 Å². The number of fused-ring (bicyclic) bond motifs is 3. The number of carbonyl (C=O) groups is 1. The summed E-state index contributed by atoms with van der Waals surface area (Å²) in [5.41, 5.74) is 5.67. The van der Waals surface area contributed by atoms with Crippen LogP contribution in [0.5, 0.6) is 0 Å². The van der Waals surface area contributed by atoms with Gasteiger partial charge in [-0.05, 0) is 83.7 Å². The Morgan fingerprint density at radius 1 is 0.917 bits per heavy atom. The van der Waals surface area contributed by atoms with Crippen LogP contribution in [-0.4, -0.2) is 49.7 Å². The maximum absolute atomic E-state index is 14.0. The zero-order valence-electron chi connectivity index (χ0n) is 22.1. The lowest BCUT2D eigenvalue weighted by atomic mass is 9.66. The van der Waals surface area contributed by atoms with Gasteiger partial charge in [-0.25, -0.2) is 8.42 Å². The van der Waals surface area contributed by atoms with Crippen LogP contribution in [0.4, 0.5) is 0 Å². The molecule has 5 rings (SSSR count). The van der Waals surface area contributed by atoms with Crippen LogP contribution in [0.25, 0.3) is 0 Å². The van der Waals surface area contributed by atoms with Crippen molar-refractivity contribution in [3.63, 3.8) is 0 Å². The first-order chi connectivity index (χ1) is 17.2. The number of sulfonamides is 1. The van der Waals surface area contributed by atoms with Gasteiger partial charge in [-0.15, -0.1) is 0 Å². The number of piperazine rings is 1. The third kappa shape index (κ3) is 4.51. The molecule has 1 fully saturated rings. The molecular weight excluding hydrogens is 468 g/mol. The fraction of sp³-hybridized carbons (Fsp3) is 0.567. The van der Waals surface area contributed by atoms with Gasteiger partial charge < -0.3 is 4.90 Å². The van der Waals surface area contributed by atoms with Crippen molar-refractivity contribution in [3.05, 3.63) is 64.7 Å². The molecule has 0 bridgehead atoms. The molecule has 6 heteroatoms. The Balaban J connectivity index is 1.36. The highest BCUT2D eigenvalue weighted by Gasteiger charge is 2.41. The van der Waals surface area contributed by atoms with Gasteiger partial charge in [0.05, 0.1) is 10.8 Å². The first-order valence-electron chi connectivity index (χ1n) is 13.7. The van der Waals surface area contributed by atoms with Crippen molar-refractivity contribution >= 4 is 15.9 Å². The summed E-state index contributed by atoms with van der Waals surface area (Å²) in [6.07, 6.45) is 4.57. The van der Waals surface area contributed by atoms with Crippen LogP contribution in [0, 0.1) is 23.7 Å². The van der Waals surface area contributed by atoms with E-state index in [9.17, 15) is 13.2 Å². The van der Waals surface area contributed by atoms with E-state index in [2.05, 4.69) is 39.8 Å². The first kappa shape index (κ1) is 25.5. The van der Waals surface area contributed by atoms with Crippen molar-refractivity contribution in [2.45, 2.75) is 64.2 Å². The molecule has 3 aliphatic rings. The quantitative estimate of drug-likeness (QED) is 0.591. The SMILES string of the molecule is CC(C)C1CCc2c(ccc3c2CC(C)C(C)C3C(=O)N2CCN(S(=O)(=O)c3ccccc3)CC2)C1. The second-order valence-corrected chi connectivity index (χ2v) is 13.5. The summed E-state index contributed by atoms with van der Waals surface area (Å²) in [6, 6.07) is 13.1. The number of amides is 1. The molecule has 4 atom stereocenters. The van der Waals surface area contributed by atoms with Crippen LogP contribution >= 0.6 is 0 Å². The number of nitrogens with zero attached hydrogens (tertiary/aromatic N) is 2. The van der Waals surface area contributed by atoms with E-state index < -0.39 is 10.0 Å². The number of carbonyl (C=O) groups excluding carboxylic acids is 1. The molecule has 194 valence electrons. The summed E-state index contributed by atoms with van der Waals surface area (Å²) in [5, 5.41) is 0. The molecule has 0 N–H and O–H groups in total. The van der Waals surface area contributed by atoms with Crippen LogP contribution < -0.4 is 0 Å². The van der Waals surface area contributed by atoms with Gasteiger partial charge in [0.1, 0.15) is 0 Å². The highest BCUT2D eigenvalue weighted by molar-refractivity contribution is 7.89. The first-order valence-corrected chi connectivity index (χ1v) is 15.1. The van der Waals surface area contributed by atoms with E-state index in [-0.39, 0.29) is 17.7 Å². The number of hydrogen-bond donors (Lipinski definition) is 0. The van der Waals surface area contributed by atoms with Gasteiger partial charge in [0, 0.05) is 26.2 Å². The molecular formula is C30H40N2O3S. The van der Waals surface area contributed by atoms with E-state index in [0.29, 0.717) is 42.9 Å². The van der Waals surface area contributed by atoms with Crippen LogP contribution in [-0.2, 0) is 34.1 Å². The highest BCUT2D eigenvalue weighted by Crippen LogP contribution is 2.44. The van der Waals surface area contributed by atoms with Crippen LogP contribution in [0.2, 0.25) is 0 Å². The molecule has 2 aromatic rings. The molecule has 36 heavy (non-hydrogen) atoms. The zero-order chi connectivity index (χ0) is 25.6. The highest BCUT2D eigenvalue weighted by atomic mass is 32.2. The van der Waals surface area contributed by atoms with Gasteiger partial charge in [-0.1, -0.05) is 58.0 Å².